The van der Waals surface area contributed by atoms with Gasteiger partial charge in [0.05, 0.1) is 10.7 Å². The predicted octanol–water partition coefficient (Wildman–Crippen LogP) is 4.65. The molecule has 1 N–H and O–H groups in total. The van der Waals surface area contributed by atoms with E-state index in [9.17, 15) is 4.79 Å². The van der Waals surface area contributed by atoms with E-state index in [0.29, 0.717) is 13.1 Å². The fourth-order valence-corrected chi connectivity index (χ4v) is 5.13. The monoisotopic (exact) mass is 405 g/mol. The summed E-state index contributed by atoms with van der Waals surface area (Å²) in [5.41, 5.74) is 4.30. The number of thiazole rings is 1. The Balaban J connectivity index is 1.50. The molecule has 0 radical (unpaired) electrons. The molecule has 3 heterocycles. The molecule has 0 saturated heterocycles. The van der Waals surface area contributed by atoms with Crippen LogP contribution in [0.5, 0.6) is 0 Å². The number of hydrogen-bond donors (Lipinski definition) is 1. The maximum absolute atomic E-state index is 12.3. The quantitative estimate of drug-likeness (QED) is 0.555. The average Bonchev–Trinajstić information content (AvgIpc) is 3.32. The number of rotatable bonds is 8. The first-order valence-electron chi connectivity index (χ1n) is 8.50. The number of amides is 1. The van der Waals surface area contributed by atoms with Gasteiger partial charge in [0.15, 0.2) is 0 Å². The van der Waals surface area contributed by atoms with Crippen LogP contribution >= 0.6 is 34.4 Å². The molecule has 0 saturated carbocycles. The number of hydrogen-bond acceptors (Lipinski definition) is 5. The standard InChI is InChI=1S/C19H23N3OS3/c1-13-9-17(18-12-26-15(3)21-18)14(2)22(13)10-19(23)20-6-8-24-11-16-5-4-7-25-16/h4-5,7,9,12H,6,8,10-11H2,1-3H3,(H,20,23). The molecule has 0 aliphatic carbocycles. The molecule has 0 bridgehead atoms. The Morgan fingerprint density at radius 1 is 1.31 bits per heavy atom. The second kappa shape index (κ2) is 8.88. The van der Waals surface area contributed by atoms with Gasteiger partial charge in [-0.25, -0.2) is 4.98 Å². The van der Waals surface area contributed by atoms with Crippen molar-refractivity contribution in [2.45, 2.75) is 33.1 Å². The van der Waals surface area contributed by atoms with Gasteiger partial charge in [0.2, 0.25) is 5.91 Å². The fraction of sp³-hybridized carbons (Fsp3) is 0.368. The third-order valence-electron chi connectivity index (χ3n) is 4.16. The summed E-state index contributed by atoms with van der Waals surface area (Å²) in [6, 6.07) is 6.34. The Bertz CT molecular complexity index is 865. The van der Waals surface area contributed by atoms with Gasteiger partial charge in [0, 0.05) is 45.3 Å². The average molecular weight is 406 g/mol. The maximum Gasteiger partial charge on any atom is 0.239 e. The number of thiophene rings is 1. The lowest BCUT2D eigenvalue weighted by atomic mass is 10.2. The van der Waals surface area contributed by atoms with E-state index in [1.54, 1.807) is 22.7 Å². The highest BCUT2D eigenvalue weighted by atomic mass is 32.2. The molecule has 0 unspecified atom stereocenters. The van der Waals surface area contributed by atoms with Gasteiger partial charge in [-0.15, -0.1) is 22.7 Å². The Morgan fingerprint density at radius 2 is 2.15 bits per heavy atom. The summed E-state index contributed by atoms with van der Waals surface area (Å²) in [6.07, 6.45) is 0. The molecule has 7 heteroatoms. The van der Waals surface area contributed by atoms with Crippen LogP contribution in [0.25, 0.3) is 11.3 Å². The molecule has 0 atom stereocenters. The van der Waals surface area contributed by atoms with Crippen LogP contribution in [0.2, 0.25) is 0 Å². The summed E-state index contributed by atoms with van der Waals surface area (Å²) in [6.45, 7) is 7.17. The van der Waals surface area contributed by atoms with E-state index in [1.165, 1.54) is 4.88 Å². The minimum absolute atomic E-state index is 0.0598. The lowest BCUT2D eigenvalue weighted by molar-refractivity contribution is -0.121. The SMILES string of the molecule is Cc1nc(-c2cc(C)n(CC(=O)NCCSCc3cccs3)c2C)cs1. The number of thioether (sulfide) groups is 1. The summed E-state index contributed by atoms with van der Waals surface area (Å²) in [4.78, 5) is 18.3. The molecule has 0 aliphatic heterocycles. The van der Waals surface area contributed by atoms with E-state index in [-0.39, 0.29) is 5.91 Å². The zero-order valence-corrected chi connectivity index (χ0v) is 17.7. The second-order valence-corrected chi connectivity index (χ2v) is 9.30. The molecule has 3 aromatic heterocycles. The van der Waals surface area contributed by atoms with Gasteiger partial charge < -0.3 is 9.88 Å². The summed E-state index contributed by atoms with van der Waals surface area (Å²) in [5, 5.41) is 8.26. The van der Waals surface area contributed by atoms with Crippen molar-refractivity contribution < 1.29 is 4.79 Å². The number of carbonyl (C=O) groups is 1. The van der Waals surface area contributed by atoms with Gasteiger partial charge in [-0.1, -0.05) is 6.07 Å². The van der Waals surface area contributed by atoms with E-state index >= 15 is 0 Å². The van der Waals surface area contributed by atoms with Gasteiger partial charge >= 0.3 is 0 Å². The first-order valence-corrected chi connectivity index (χ1v) is 11.4. The summed E-state index contributed by atoms with van der Waals surface area (Å²) >= 11 is 5.28. The fourth-order valence-electron chi connectivity index (χ4n) is 2.82. The van der Waals surface area contributed by atoms with E-state index in [4.69, 9.17) is 0 Å². The molecular weight excluding hydrogens is 382 g/mol. The largest absolute Gasteiger partial charge is 0.354 e. The molecule has 1 amide bonds. The molecule has 3 aromatic rings. The molecular formula is C19H23N3OS3. The first kappa shape index (κ1) is 19.2. The van der Waals surface area contributed by atoms with Crippen LogP contribution in [0, 0.1) is 20.8 Å². The van der Waals surface area contributed by atoms with Crippen molar-refractivity contribution in [1.82, 2.24) is 14.9 Å². The number of nitrogens with zero attached hydrogens (tertiary/aromatic N) is 2. The van der Waals surface area contributed by atoms with Crippen molar-refractivity contribution in [2.24, 2.45) is 0 Å². The number of aromatic nitrogens is 2. The zero-order chi connectivity index (χ0) is 18.5. The smallest absolute Gasteiger partial charge is 0.239 e. The van der Waals surface area contributed by atoms with Gasteiger partial charge in [-0.3, -0.25) is 4.79 Å². The van der Waals surface area contributed by atoms with Gasteiger partial charge in [-0.05, 0) is 38.3 Å². The van der Waals surface area contributed by atoms with E-state index in [0.717, 1.165) is 39.2 Å². The minimum atomic E-state index is 0.0598. The third kappa shape index (κ3) is 4.78. The molecule has 0 spiro atoms. The third-order valence-corrected chi connectivity index (χ3v) is 7.00. The van der Waals surface area contributed by atoms with Crippen molar-refractivity contribution in [3.63, 3.8) is 0 Å². The molecule has 4 nitrogen and oxygen atoms in total. The lowest BCUT2D eigenvalue weighted by Crippen LogP contribution is -2.30. The van der Waals surface area contributed by atoms with Crippen LogP contribution in [-0.4, -0.2) is 27.8 Å². The highest BCUT2D eigenvalue weighted by molar-refractivity contribution is 7.98. The van der Waals surface area contributed by atoms with Crippen LogP contribution in [-0.2, 0) is 17.1 Å². The number of nitrogens with one attached hydrogen (secondary N) is 1. The topological polar surface area (TPSA) is 46.9 Å². The van der Waals surface area contributed by atoms with Gasteiger partial charge in [-0.2, -0.15) is 11.8 Å². The summed E-state index contributed by atoms with van der Waals surface area (Å²) in [7, 11) is 0. The van der Waals surface area contributed by atoms with Crippen molar-refractivity contribution in [3.8, 4) is 11.3 Å². The van der Waals surface area contributed by atoms with Crippen molar-refractivity contribution in [3.05, 3.63) is 50.2 Å². The molecule has 0 fully saturated rings. The Labute approximate surface area is 166 Å². The molecule has 0 aliphatic rings. The predicted molar refractivity (Wildman–Crippen MR) is 113 cm³/mol. The Hall–Kier alpha value is -1.57. The van der Waals surface area contributed by atoms with Crippen molar-refractivity contribution >= 4 is 40.3 Å². The lowest BCUT2D eigenvalue weighted by Gasteiger charge is -2.10. The maximum atomic E-state index is 12.3. The van der Waals surface area contributed by atoms with Crippen LogP contribution in [0.1, 0.15) is 21.3 Å². The Morgan fingerprint density at radius 3 is 2.85 bits per heavy atom. The first-order chi connectivity index (χ1) is 12.5. The van der Waals surface area contributed by atoms with Crippen LogP contribution < -0.4 is 5.32 Å². The van der Waals surface area contributed by atoms with E-state index < -0.39 is 0 Å². The molecule has 0 aromatic carbocycles. The summed E-state index contributed by atoms with van der Waals surface area (Å²) in [5.74, 6) is 2.00. The second-order valence-electron chi connectivity index (χ2n) is 6.10. The highest BCUT2D eigenvalue weighted by Gasteiger charge is 2.15. The minimum Gasteiger partial charge on any atom is -0.354 e. The van der Waals surface area contributed by atoms with Gasteiger partial charge in [0.25, 0.3) is 0 Å². The van der Waals surface area contributed by atoms with Crippen molar-refractivity contribution in [1.29, 1.82) is 0 Å². The normalized spacial score (nSPS) is 11.0. The highest BCUT2D eigenvalue weighted by Crippen LogP contribution is 2.27. The molecule has 26 heavy (non-hydrogen) atoms. The van der Waals surface area contributed by atoms with Gasteiger partial charge in [0.1, 0.15) is 6.54 Å². The van der Waals surface area contributed by atoms with Crippen molar-refractivity contribution in [2.75, 3.05) is 12.3 Å². The number of carbonyl (C=O) groups excluding carboxylic acids is 1. The molecule has 138 valence electrons. The van der Waals surface area contributed by atoms with Crippen LogP contribution in [0.4, 0.5) is 0 Å². The van der Waals surface area contributed by atoms with E-state index in [1.807, 2.05) is 25.6 Å². The van der Waals surface area contributed by atoms with Crippen LogP contribution in [0.15, 0.2) is 29.0 Å². The number of aryl methyl sites for hydroxylation is 2. The van der Waals surface area contributed by atoms with Crippen LogP contribution in [0.3, 0.4) is 0 Å². The Kier molecular flexibility index (Phi) is 6.56. The molecule has 3 rings (SSSR count). The van der Waals surface area contributed by atoms with E-state index in [2.05, 4.69) is 50.8 Å². The summed E-state index contributed by atoms with van der Waals surface area (Å²) < 4.78 is 2.07. The zero-order valence-electron chi connectivity index (χ0n) is 15.2.